The van der Waals surface area contributed by atoms with Crippen molar-refractivity contribution in [3.63, 3.8) is 0 Å². The zero-order valence-corrected chi connectivity index (χ0v) is 18.7. The van der Waals surface area contributed by atoms with Crippen LogP contribution >= 0.6 is 0 Å². The summed E-state index contributed by atoms with van der Waals surface area (Å²) in [5.41, 5.74) is -0.392. The third-order valence-corrected chi connectivity index (χ3v) is 6.26. The summed E-state index contributed by atoms with van der Waals surface area (Å²) >= 11 is 0. The molecule has 2 aliphatic rings. The van der Waals surface area contributed by atoms with Crippen molar-refractivity contribution in [1.82, 2.24) is 20.4 Å². The normalized spacial score (nSPS) is 20.9. The van der Waals surface area contributed by atoms with Crippen molar-refractivity contribution in [2.24, 2.45) is 16.3 Å². The summed E-state index contributed by atoms with van der Waals surface area (Å²) in [6.45, 7) is 4.16. The fourth-order valence-electron chi connectivity index (χ4n) is 4.62. The first-order valence-electron chi connectivity index (χ1n) is 11.2. The Morgan fingerprint density at radius 1 is 1.17 bits per heavy atom. The number of piperidine rings is 1. The van der Waals surface area contributed by atoms with Gasteiger partial charge in [0.05, 0.1) is 18.5 Å². The number of likely N-dealkylation sites (tertiary alicyclic amines) is 1. The quantitative estimate of drug-likeness (QED) is 0.457. The number of alkyl halides is 3. The van der Waals surface area contributed by atoms with Crippen molar-refractivity contribution < 1.29 is 18.0 Å². The first-order chi connectivity index (χ1) is 14.1. The Hall–Kier alpha value is -1.51. The second-order valence-corrected chi connectivity index (χ2v) is 8.93. The Kier molecular flexibility index (Phi) is 9.25. The van der Waals surface area contributed by atoms with Crippen LogP contribution in [0.25, 0.3) is 0 Å². The van der Waals surface area contributed by atoms with Gasteiger partial charge in [0.25, 0.3) is 0 Å². The highest BCUT2D eigenvalue weighted by Gasteiger charge is 2.42. The topological polar surface area (TPSA) is 60.0 Å². The summed E-state index contributed by atoms with van der Waals surface area (Å²) in [6, 6.07) is 0. The van der Waals surface area contributed by atoms with Crippen LogP contribution in [0.1, 0.15) is 51.9 Å². The van der Waals surface area contributed by atoms with E-state index in [4.69, 9.17) is 4.99 Å². The maximum Gasteiger partial charge on any atom is 0.401 e. The largest absolute Gasteiger partial charge is 0.401 e. The van der Waals surface area contributed by atoms with Crippen LogP contribution < -0.4 is 10.6 Å². The number of carbonyl (C=O) groups excluding carboxylic acids is 1. The first-order valence-corrected chi connectivity index (χ1v) is 11.2. The number of aliphatic imine (C=N–C) groups is 1. The van der Waals surface area contributed by atoms with Gasteiger partial charge in [-0.1, -0.05) is 12.8 Å². The highest BCUT2D eigenvalue weighted by Crippen LogP contribution is 2.39. The van der Waals surface area contributed by atoms with Crippen LogP contribution in [0.2, 0.25) is 0 Å². The van der Waals surface area contributed by atoms with Gasteiger partial charge >= 0.3 is 6.18 Å². The zero-order valence-electron chi connectivity index (χ0n) is 18.7. The molecule has 1 heterocycles. The fraction of sp³-hybridized carbons (Fsp3) is 0.905. The first kappa shape index (κ1) is 24.8. The molecule has 1 amide bonds. The maximum atomic E-state index is 12.7. The van der Waals surface area contributed by atoms with E-state index in [2.05, 4.69) is 10.6 Å². The zero-order chi connectivity index (χ0) is 22.2. The molecule has 30 heavy (non-hydrogen) atoms. The molecule has 2 N–H and O–H groups in total. The molecule has 0 aromatic rings. The van der Waals surface area contributed by atoms with Crippen LogP contribution in [0.4, 0.5) is 13.2 Å². The van der Waals surface area contributed by atoms with Crippen molar-refractivity contribution >= 4 is 11.9 Å². The number of carbonyl (C=O) groups is 1. The molecule has 0 spiro atoms. The second kappa shape index (κ2) is 11.2. The number of halogens is 3. The van der Waals surface area contributed by atoms with Crippen LogP contribution in [0.5, 0.6) is 0 Å². The van der Waals surface area contributed by atoms with E-state index in [-0.39, 0.29) is 5.91 Å². The molecule has 1 saturated heterocycles. The van der Waals surface area contributed by atoms with Crippen LogP contribution in [0.15, 0.2) is 4.99 Å². The number of amides is 1. The Bertz CT molecular complexity index is 565. The van der Waals surface area contributed by atoms with E-state index >= 15 is 0 Å². The smallest absolute Gasteiger partial charge is 0.357 e. The highest BCUT2D eigenvalue weighted by molar-refractivity contribution is 5.84. The van der Waals surface area contributed by atoms with E-state index in [1.54, 1.807) is 19.0 Å². The second-order valence-electron chi connectivity index (χ2n) is 8.93. The van der Waals surface area contributed by atoms with E-state index in [0.717, 1.165) is 58.0 Å². The van der Waals surface area contributed by atoms with Crippen molar-refractivity contribution in [2.45, 2.75) is 58.0 Å². The average molecular weight is 434 g/mol. The van der Waals surface area contributed by atoms with Crippen molar-refractivity contribution in [1.29, 1.82) is 0 Å². The van der Waals surface area contributed by atoms with Crippen LogP contribution in [0.3, 0.4) is 0 Å². The van der Waals surface area contributed by atoms with E-state index in [1.807, 2.05) is 6.92 Å². The van der Waals surface area contributed by atoms with Gasteiger partial charge in [0.2, 0.25) is 5.91 Å². The lowest BCUT2D eigenvalue weighted by Gasteiger charge is -2.32. The molecular weight excluding hydrogens is 395 g/mol. The van der Waals surface area contributed by atoms with Gasteiger partial charge in [-0.05, 0) is 58.0 Å². The Labute approximate surface area is 178 Å². The minimum absolute atomic E-state index is 0.158. The molecule has 0 aromatic carbocycles. The SMILES string of the molecule is CCNC(=NCC1(C(=O)N(C)C)CCCC1)NCCC1CCN(CC(F)(F)F)CC1. The molecule has 174 valence electrons. The van der Waals surface area contributed by atoms with Gasteiger partial charge in [-0.3, -0.25) is 14.7 Å². The van der Waals surface area contributed by atoms with E-state index in [0.29, 0.717) is 31.5 Å². The van der Waals surface area contributed by atoms with E-state index in [1.165, 1.54) is 4.90 Å². The molecule has 1 saturated carbocycles. The molecule has 1 aliphatic carbocycles. The van der Waals surface area contributed by atoms with Gasteiger partial charge in [-0.25, -0.2) is 0 Å². The van der Waals surface area contributed by atoms with Crippen LogP contribution in [0, 0.1) is 11.3 Å². The van der Waals surface area contributed by atoms with Crippen molar-refractivity contribution in [3.8, 4) is 0 Å². The minimum Gasteiger partial charge on any atom is -0.357 e. The summed E-state index contributed by atoms with van der Waals surface area (Å²) < 4.78 is 37.5. The molecule has 0 aromatic heterocycles. The lowest BCUT2D eigenvalue weighted by molar-refractivity contribution is -0.148. The van der Waals surface area contributed by atoms with Crippen LogP contribution in [-0.2, 0) is 4.79 Å². The summed E-state index contributed by atoms with van der Waals surface area (Å²) in [6.07, 6.45) is 2.27. The molecule has 9 heteroatoms. The summed E-state index contributed by atoms with van der Waals surface area (Å²) in [7, 11) is 3.60. The predicted octanol–water partition coefficient (Wildman–Crippen LogP) is 2.85. The third-order valence-electron chi connectivity index (χ3n) is 6.26. The predicted molar refractivity (Wildman–Crippen MR) is 113 cm³/mol. The average Bonchev–Trinajstić information content (AvgIpc) is 3.15. The van der Waals surface area contributed by atoms with Gasteiger partial charge in [0.1, 0.15) is 0 Å². The van der Waals surface area contributed by atoms with Crippen molar-refractivity contribution in [3.05, 3.63) is 0 Å². The Morgan fingerprint density at radius 3 is 2.33 bits per heavy atom. The van der Waals surface area contributed by atoms with E-state index < -0.39 is 18.1 Å². The van der Waals surface area contributed by atoms with Gasteiger partial charge in [0.15, 0.2) is 5.96 Å². The summed E-state index contributed by atoms with van der Waals surface area (Å²) in [5, 5.41) is 6.59. The van der Waals surface area contributed by atoms with Gasteiger partial charge in [-0.15, -0.1) is 0 Å². The molecule has 1 aliphatic heterocycles. The monoisotopic (exact) mass is 433 g/mol. The van der Waals surface area contributed by atoms with Crippen LogP contribution in [-0.4, -0.2) is 81.2 Å². The summed E-state index contributed by atoms with van der Waals surface area (Å²) in [4.78, 5) is 20.6. The number of nitrogens with zero attached hydrogens (tertiary/aromatic N) is 3. The lowest BCUT2D eigenvalue weighted by atomic mass is 9.85. The number of hydrogen-bond donors (Lipinski definition) is 2. The molecule has 0 bridgehead atoms. The molecule has 0 atom stereocenters. The molecule has 0 radical (unpaired) electrons. The lowest BCUT2D eigenvalue weighted by Crippen LogP contribution is -2.43. The molecule has 2 rings (SSSR count). The number of guanidine groups is 1. The molecular formula is C21H38F3N5O. The molecule has 0 unspecified atom stereocenters. The fourth-order valence-corrected chi connectivity index (χ4v) is 4.62. The number of nitrogens with one attached hydrogen (secondary N) is 2. The molecule has 2 fully saturated rings. The maximum absolute atomic E-state index is 12.7. The third kappa shape index (κ3) is 7.63. The van der Waals surface area contributed by atoms with Gasteiger partial charge in [0, 0.05) is 27.2 Å². The van der Waals surface area contributed by atoms with Gasteiger partial charge < -0.3 is 15.5 Å². The van der Waals surface area contributed by atoms with Crippen molar-refractivity contribution in [2.75, 3.05) is 53.4 Å². The molecule has 6 nitrogen and oxygen atoms in total. The highest BCUT2D eigenvalue weighted by atomic mass is 19.4. The standard InChI is InChI=1S/C21H38F3N5O/c1-4-25-19(27-15-20(10-5-6-11-20)18(30)28(2)3)26-12-7-17-8-13-29(14-9-17)16-21(22,23)24/h17H,4-16H2,1-3H3,(H2,25,26,27). The number of rotatable bonds is 8. The Morgan fingerprint density at radius 2 is 1.80 bits per heavy atom. The van der Waals surface area contributed by atoms with E-state index in [9.17, 15) is 18.0 Å². The Balaban J connectivity index is 1.81. The summed E-state index contributed by atoms with van der Waals surface area (Å²) in [5.74, 6) is 1.30. The number of hydrogen-bond acceptors (Lipinski definition) is 3. The minimum atomic E-state index is -4.11. The van der Waals surface area contributed by atoms with Gasteiger partial charge in [-0.2, -0.15) is 13.2 Å².